The van der Waals surface area contributed by atoms with Gasteiger partial charge in [-0.2, -0.15) is 5.10 Å². The second-order valence-corrected chi connectivity index (χ2v) is 5.25. The summed E-state index contributed by atoms with van der Waals surface area (Å²) in [6.07, 6.45) is 2.08. The fraction of sp³-hybridized carbons (Fsp3) is 0.462. The summed E-state index contributed by atoms with van der Waals surface area (Å²) in [5.74, 6) is 0.868. The molecule has 0 radical (unpaired) electrons. The van der Waals surface area contributed by atoms with Gasteiger partial charge in [-0.3, -0.25) is 14.8 Å². The second kappa shape index (κ2) is 4.75. The molecule has 106 valence electrons. The number of nitrogens with zero attached hydrogens (tertiary/aromatic N) is 4. The van der Waals surface area contributed by atoms with E-state index >= 15 is 0 Å². The predicted octanol–water partition coefficient (Wildman–Crippen LogP) is 1.41. The number of benzene rings is 1. The Morgan fingerprint density at radius 3 is 3.00 bits per heavy atom. The number of rotatable bonds is 2. The van der Waals surface area contributed by atoms with Gasteiger partial charge < -0.3 is 10.6 Å². The van der Waals surface area contributed by atoms with E-state index in [1.54, 1.807) is 23.9 Å². The maximum Gasteiger partial charge on any atom is 0.271 e. The molecule has 7 heteroatoms. The molecule has 1 fully saturated rings. The molecule has 1 aliphatic heterocycles. The van der Waals surface area contributed by atoms with Gasteiger partial charge in [0.1, 0.15) is 0 Å². The van der Waals surface area contributed by atoms with Crippen molar-refractivity contribution in [2.45, 2.75) is 18.9 Å². The third kappa shape index (κ3) is 2.09. The van der Waals surface area contributed by atoms with Crippen LogP contribution in [0.3, 0.4) is 0 Å². The standard InChI is InChI=1S/C13H17N5O2/c1-16-12-7-10(18(19)20)4-5-11(12)13(15-16)17-6-2-3-9(14)8-17/h4-5,7,9H,2-3,6,8,14H2,1H3/t9-/m1/s1. The van der Waals surface area contributed by atoms with Crippen molar-refractivity contribution in [3.8, 4) is 0 Å². The molecule has 20 heavy (non-hydrogen) atoms. The molecule has 1 aliphatic rings. The van der Waals surface area contributed by atoms with Gasteiger partial charge in [-0.05, 0) is 18.9 Å². The van der Waals surface area contributed by atoms with Crippen LogP contribution < -0.4 is 10.6 Å². The van der Waals surface area contributed by atoms with E-state index in [-0.39, 0.29) is 16.7 Å². The molecule has 2 heterocycles. The van der Waals surface area contributed by atoms with E-state index in [2.05, 4.69) is 10.00 Å². The number of hydrogen-bond donors (Lipinski definition) is 1. The minimum absolute atomic E-state index is 0.0856. The van der Waals surface area contributed by atoms with Crippen molar-refractivity contribution < 1.29 is 4.92 Å². The predicted molar refractivity (Wildman–Crippen MR) is 76.8 cm³/mol. The van der Waals surface area contributed by atoms with Gasteiger partial charge in [0.05, 0.1) is 10.4 Å². The zero-order chi connectivity index (χ0) is 14.3. The summed E-state index contributed by atoms with van der Waals surface area (Å²) in [5, 5.41) is 16.3. The molecule has 1 aromatic heterocycles. The van der Waals surface area contributed by atoms with E-state index < -0.39 is 0 Å². The van der Waals surface area contributed by atoms with Crippen LogP contribution in [-0.2, 0) is 7.05 Å². The Balaban J connectivity index is 2.06. The monoisotopic (exact) mass is 275 g/mol. The van der Waals surface area contributed by atoms with Crippen LogP contribution in [0.15, 0.2) is 18.2 Å². The molecule has 1 atom stereocenters. The number of fused-ring (bicyclic) bond motifs is 1. The summed E-state index contributed by atoms with van der Waals surface area (Å²) < 4.78 is 1.69. The maximum atomic E-state index is 10.9. The fourth-order valence-electron chi connectivity index (χ4n) is 2.78. The molecule has 0 spiro atoms. The van der Waals surface area contributed by atoms with Crippen LogP contribution in [0.5, 0.6) is 0 Å². The van der Waals surface area contributed by atoms with E-state index in [9.17, 15) is 10.1 Å². The summed E-state index contributed by atoms with van der Waals surface area (Å²) in [6.45, 7) is 1.71. The number of hydrogen-bond acceptors (Lipinski definition) is 5. The summed E-state index contributed by atoms with van der Waals surface area (Å²) in [7, 11) is 1.80. The van der Waals surface area contributed by atoms with Gasteiger partial charge in [-0.15, -0.1) is 0 Å². The van der Waals surface area contributed by atoms with Crippen molar-refractivity contribution in [2.75, 3.05) is 18.0 Å². The van der Waals surface area contributed by atoms with Gasteiger partial charge in [-0.1, -0.05) is 0 Å². The minimum atomic E-state index is -0.386. The lowest BCUT2D eigenvalue weighted by Crippen LogP contribution is -2.43. The quantitative estimate of drug-likeness (QED) is 0.661. The fourth-order valence-corrected chi connectivity index (χ4v) is 2.78. The van der Waals surface area contributed by atoms with Crippen LogP contribution >= 0.6 is 0 Å². The Morgan fingerprint density at radius 2 is 2.30 bits per heavy atom. The number of aryl methyl sites for hydroxylation is 1. The lowest BCUT2D eigenvalue weighted by atomic mass is 10.1. The van der Waals surface area contributed by atoms with Crippen LogP contribution in [0.2, 0.25) is 0 Å². The van der Waals surface area contributed by atoms with Crippen LogP contribution in [0, 0.1) is 10.1 Å². The van der Waals surface area contributed by atoms with Crippen molar-refractivity contribution >= 4 is 22.4 Å². The average Bonchev–Trinajstić information content (AvgIpc) is 2.76. The number of anilines is 1. The van der Waals surface area contributed by atoms with Crippen LogP contribution in [-0.4, -0.2) is 33.8 Å². The largest absolute Gasteiger partial charge is 0.353 e. The third-order valence-corrected chi connectivity index (χ3v) is 3.78. The zero-order valence-corrected chi connectivity index (χ0v) is 11.3. The normalized spacial score (nSPS) is 19.5. The van der Waals surface area contributed by atoms with Crippen molar-refractivity contribution in [1.82, 2.24) is 9.78 Å². The van der Waals surface area contributed by atoms with Crippen molar-refractivity contribution in [3.05, 3.63) is 28.3 Å². The van der Waals surface area contributed by atoms with Crippen LogP contribution in [0.25, 0.3) is 10.9 Å². The highest BCUT2D eigenvalue weighted by Crippen LogP contribution is 2.30. The summed E-state index contributed by atoms with van der Waals surface area (Å²) in [4.78, 5) is 12.6. The van der Waals surface area contributed by atoms with Gasteiger partial charge in [0.2, 0.25) is 0 Å². The topological polar surface area (TPSA) is 90.2 Å². The van der Waals surface area contributed by atoms with E-state index in [1.807, 2.05) is 0 Å². The smallest absolute Gasteiger partial charge is 0.271 e. The van der Waals surface area contributed by atoms with E-state index in [1.165, 1.54) is 6.07 Å². The molecule has 7 nitrogen and oxygen atoms in total. The van der Waals surface area contributed by atoms with Gasteiger partial charge in [-0.25, -0.2) is 0 Å². The van der Waals surface area contributed by atoms with Crippen molar-refractivity contribution in [2.24, 2.45) is 12.8 Å². The first-order valence-electron chi connectivity index (χ1n) is 6.68. The third-order valence-electron chi connectivity index (χ3n) is 3.78. The summed E-state index contributed by atoms with van der Waals surface area (Å²) in [6, 6.07) is 5.03. The van der Waals surface area contributed by atoms with E-state index in [4.69, 9.17) is 5.73 Å². The van der Waals surface area contributed by atoms with Gasteiger partial charge >= 0.3 is 0 Å². The maximum absolute atomic E-state index is 10.9. The SMILES string of the molecule is Cn1nc(N2CCC[C@@H](N)C2)c2ccc([N+](=O)[O-])cc21. The highest BCUT2D eigenvalue weighted by Gasteiger charge is 2.22. The second-order valence-electron chi connectivity index (χ2n) is 5.25. The van der Waals surface area contributed by atoms with E-state index in [0.29, 0.717) is 0 Å². The molecule has 0 saturated carbocycles. The minimum Gasteiger partial charge on any atom is -0.353 e. The molecule has 0 unspecified atom stereocenters. The molecule has 0 bridgehead atoms. The molecular formula is C13H17N5O2. The Labute approximate surface area is 116 Å². The Kier molecular flexibility index (Phi) is 3.06. The van der Waals surface area contributed by atoms with Crippen LogP contribution in [0.4, 0.5) is 11.5 Å². The molecule has 2 N–H and O–H groups in total. The molecule has 0 amide bonds. The van der Waals surface area contributed by atoms with Gasteiger partial charge in [0.25, 0.3) is 5.69 Å². The summed E-state index contributed by atoms with van der Waals surface area (Å²) >= 11 is 0. The highest BCUT2D eigenvalue weighted by atomic mass is 16.6. The first-order chi connectivity index (χ1) is 9.56. The lowest BCUT2D eigenvalue weighted by molar-refractivity contribution is -0.384. The number of nitrogens with two attached hydrogens (primary N) is 1. The molecule has 1 saturated heterocycles. The Hall–Kier alpha value is -2.15. The van der Waals surface area contributed by atoms with Gasteiger partial charge in [0.15, 0.2) is 5.82 Å². The molecule has 2 aromatic rings. The number of nitro benzene ring substituents is 1. The highest BCUT2D eigenvalue weighted by molar-refractivity contribution is 5.92. The number of nitro groups is 1. The summed E-state index contributed by atoms with van der Waals surface area (Å²) in [5.41, 5.74) is 6.87. The lowest BCUT2D eigenvalue weighted by Gasteiger charge is -2.31. The number of piperidine rings is 1. The molecular weight excluding hydrogens is 258 g/mol. The number of non-ortho nitro benzene ring substituents is 1. The zero-order valence-electron chi connectivity index (χ0n) is 11.3. The first-order valence-corrected chi connectivity index (χ1v) is 6.68. The molecule has 1 aromatic carbocycles. The molecule has 3 rings (SSSR count). The van der Waals surface area contributed by atoms with E-state index in [0.717, 1.165) is 42.7 Å². The molecule has 0 aliphatic carbocycles. The van der Waals surface area contributed by atoms with Gasteiger partial charge in [0, 0.05) is 43.7 Å². The van der Waals surface area contributed by atoms with Crippen LogP contribution in [0.1, 0.15) is 12.8 Å². The number of aromatic nitrogens is 2. The average molecular weight is 275 g/mol. The van der Waals surface area contributed by atoms with Crippen molar-refractivity contribution in [3.63, 3.8) is 0 Å². The first kappa shape index (κ1) is 12.9. The Morgan fingerprint density at radius 1 is 1.50 bits per heavy atom. The van der Waals surface area contributed by atoms with Crippen molar-refractivity contribution in [1.29, 1.82) is 0 Å². The Bertz CT molecular complexity index is 666.